The number of pyridine rings is 2. The van der Waals surface area contributed by atoms with Gasteiger partial charge in [-0.25, -0.2) is 18.4 Å². The molecule has 0 bridgehead atoms. The lowest BCUT2D eigenvalue weighted by Crippen LogP contribution is -2.46. The van der Waals surface area contributed by atoms with E-state index in [0.29, 0.717) is 72.0 Å². The molecule has 2 N–H and O–H groups in total. The molecule has 75 heavy (non-hydrogen) atoms. The maximum atomic E-state index is 15.2. The number of carboxylic acid groups (broad SMARTS) is 2. The number of carbonyl (C=O) groups is 2. The number of fused-ring (bicyclic) bond motifs is 2. The van der Waals surface area contributed by atoms with Crippen molar-refractivity contribution in [3.63, 3.8) is 0 Å². The molecule has 2 saturated carbocycles. The van der Waals surface area contributed by atoms with Crippen LogP contribution >= 0.6 is 12.4 Å². The summed E-state index contributed by atoms with van der Waals surface area (Å²) in [6.45, 7) is 10.7. The summed E-state index contributed by atoms with van der Waals surface area (Å²) in [6, 6.07) is 22.3. The zero-order chi connectivity index (χ0) is 51.4. The van der Waals surface area contributed by atoms with Crippen LogP contribution in [-0.4, -0.2) is 114 Å². The fourth-order valence-electron chi connectivity index (χ4n) is 9.98. The topological polar surface area (TPSA) is 209 Å². The van der Waals surface area contributed by atoms with Crippen molar-refractivity contribution in [2.75, 3.05) is 62.2 Å². The fraction of sp³-hybridized carbons (Fsp3) is 0.333. The molecule has 2 saturated heterocycles. The summed E-state index contributed by atoms with van der Waals surface area (Å²) in [5.41, 5.74) is 4.28. The molecule has 21 heteroatoms. The standard InChI is InChI=1S/2C27H26FN5O4.ClH/c2*1-16-29-26(30-37-16)18-4-2-17(3-5-18)14-31-8-10-32(11-9-31)24-13-23-20(12-22(24)28)25(34)21(27(35)36)15-33(23)19-6-7-19;/h2*2-5,12-13,15,19H,6-11,14H2,1H3,(H,35,36);1H. The van der Waals surface area contributed by atoms with Gasteiger partial charge in [-0.3, -0.25) is 19.4 Å². The molecule has 0 radical (unpaired) electrons. The van der Waals surface area contributed by atoms with Crippen LogP contribution in [0.4, 0.5) is 20.2 Å². The highest BCUT2D eigenvalue weighted by Gasteiger charge is 2.31. The Morgan fingerprint density at radius 1 is 0.573 bits per heavy atom. The van der Waals surface area contributed by atoms with Crippen LogP contribution < -0.4 is 20.7 Å². The summed E-state index contributed by atoms with van der Waals surface area (Å²) >= 11 is 0. The van der Waals surface area contributed by atoms with E-state index in [1.165, 1.54) is 24.5 Å². The highest BCUT2D eigenvalue weighted by molar-refractivity contribution is 5.95. The van der Waals surface area contributed by atoms with E-state index >= 15 is 8.78 Å². The van der Waals surface area contributed by atoms with Crippen molar-refractivity contribution in [2.45, 2.75) is 64.7 Å². The van der Waals surface area contributed by atoms with Crippen molar-refractivity contribution >= 4 is 57.5 Å². The molecule has 12 rings (SSSR count). The molecule has 4 aromatic carbocycles. The van der Waals surface area contributed by atoms with Crippen molar-refractivity contribution in [2.24, 2.45) is 0 Å². The maximum Gasteiger partial charge on any atom is 0.341 e. The van der Waals surface area contributed by atoms with E-state index < -0.39 is 34.4 Å². The van der Waals surface area contributed by atoms with Gasteiger partial charge in [-0.2, -0.15) is 9.97 Å². The number of hydrogen-bond donors (Lipinski definition) is 2. The van der Waals surface area contributed by atoms with Crippen LogP contribution in [0.25, 0.3) is 44.6 Å². The Bertz CT molecular complexity index is 3340. The van der Waals surface area contributed by atoms with Crippen LogP contribution in [-0.2, 0) is 13.1 Å². The fourth-order valence-corrected chi connectivity index (χ4v) is 9.98. The van der Waals surface area contributed by atoms with Crippen LogP contribution in [0.2, 0.25) is 0 Å². The molecule has 388 valence electrons. The molecule has 4 aliphatic rings. The molecule has 0 atom stereocenters. The van der Waals surface area contributed by atoms with Gasteiger partial charge in [-0.1, -0.05) is 58.8 Å². The first kappa shape index (κ1) is 50.7. The molecule has 0 spiro atoms. The number of aromatic carboxylic acids is 2. The molecule has 6 heterocycles. The van der Waals surface area contributed by atoms with Gasteiger partial charge in [-0.05, 0) is 61.1 Å². The Kier molecular flexibility index (Phi) is 14.1. The Morgan fingerprint density at radius 2 is 0.933 bits per heavy atom. The smallest absolute Gasteiger partial charge is 0.341 e. The number of aryl methyl sites for hydroxylation is 2. The highest BCUT2D eigenvalue weighted by Crippen LogP contribution is 2.40. The molecule has 4 fully saturated rings. The molecular formula is C54H53ClF2N10O8. The van der Waals surface area contributed by atoms with Crippen molar-refractivity contribution in [1.29, 1.82) is 0 Å². The van der Waals surface area contributed by atoms with E-state index in [4.69, 9.17) is 9.05 Å². The van der Waals surface area contributed by atoms with Crippen molar-refractivity contribution in [1.82, 2.24) is 39.2 Å². The van der Waals surface area contributed by atoms with Crippen LogP contribution in [0.1, 0.15) is 81.4 Å². The molecule has 4 aromatic heterocycles. The monoisotopic (exact) mass is 1040 g/mol. The van der Waals surface area contributed by atoms with Gasteiger partial charge >= 0.3 is 11.9 Å². The Hall–Kier alpha value is -7.81. The van der Waals surface area contributed by atoms with E-state index in [9.17, 15) is 29.4 Å². The third kappa shape index (κ3) is 10.6. The molecule has 8 aromatic rings. The molecule has 0 amide bonds. The van der Waals surface area contributed by atoms with Gasteiger partial charge < -0.3 is 38.2 Å². The predicted molar refractivity (Wildman–Crippen MR) is 278 cm³/mol. The summed E-state index contributed by atoms with van der Waals surface area (Å²) in [4.78, 5) is 65.8. The minimum Gasteiger partial charge on any atom is -0.477 e. The van der Waals surface area contributed by atoms with E-state index in [1.807, 2.05) is 43.2 Å². The zero-order valence-corrected chi connectivity index (χ0v) is 41.9. The predicted octanol–water partition coefficient (Wildman–Crippen LogP) is 8.13. The number of anilines is 2. The number of benzene rings is 4. The number of aromatic nitrogens is 6. The average molecular weight is 1040 g/mol. The number of halogens is 3. The number of piperazine rings is 2. The minimum absolute atomic E-state index is 0. The largest absolute Gasteiger partial charge is 0.477 e. The number of rotatable bonds is 12. The second-order valence-electron chi connectivity index (χ2n) is 19.5. The SMILES string of the molecule is Cc1nc(-c2ccc(CN3CCN(c4cc5c(cc4F)c(=O)c(C(=O)O)cn5C4CC4)CC3)cc2)no1.Cc1nc(-c2ccc(CN3CCN(c4cc5c(cc4F)c(=O)c(C(=O)O)cn5C4CC4)CC3)cc2)no1.Cl. The molecule has 2 aliphatic heterocycles. The van der Waals surface area contributed by atoms with Gasteiger partial charge in [0.05, 0.1) is 22.4 Å². The van der Waals surface area contributed by atoms with Gasteiger partial charge in [0, 0.05) is 126 Å². The second-order valence-corrected chi connectivity index (χ2v) is 19.5. The van der Waals surface area contributed by atoms with Gasteiger partial charge in [0.25, 0.3) is 0 Å². The minimum atomic E-state index is -1.29. The van der Waals surface area contributed by atoms with Crippen LogP contribution in [0, 0.1) is 25.5 Å². The lowest BCUT2D eigenvalue weighted by Gasteiger charge is -2.36. The van der Waals surface area contributed by atoms with Crippen molar-refractivity contribution in [3.05, 3.63) is 151 Å². The Labute approximate surface area is 433 Å². The summed E-state index contributed by atoms with van der Waals surface area (Å²) < 4.78 is 44.2. The van der Waals surface area contributed by atoms with E-state index in [-0.39, 0.29) is 46.4 Å². The molecule has 0 unspecified atom stereocenters. The Morgan fingerprint density at radius 3 is 1.24 bits per heavy atom. The zero-order valence-electron chi connectivity index (χ0n) is 41.1. The van der Waals surface area contributed by atoms with Crippen LogP contribution in [0.3, 0.4) is 0 Å². The first-order valence-electron chi connectivity index (χ1n) is 24.7. The van der Waals surface area contributed by atoms with Crippen molar-refractivity contribution < 1.29 is 37.6 Å². The quantitative estimate of drug-likeness (QED) is 0.118. The third-order valence-corrected chi connectivity index (χ3v) is 14.3. The van der Waals surface area contributed by atoms with Crippen molar-refractivity contribution in [3.8, 4) is 22.8 Å². The average Bonchev–Trinajstić information content (AvgIpc) is 4.34. The lowest BCUT2D eigenvalue weighted by molar-refractivity contribution is 0.0684. The van der Waals surface area contributed by atoms with Gasteiger partial charge in [0.15, 0.2) is 0 Å². The summed E-state index contributed by atoms with van der Waals surface area (Å²) in [6.07, 6.45) is 6.48. The second kappa shape index (κ2) is 20.8. The maximum absolute atomic E-state index is 15.2. The first-order chi connectivity index (χ1) is 35.7. The Balaban J connectivity index is 0.000000169. The highest BCUT2D eigenvalue weighted by atomic mass is 35.5. The van der Waals surface area contributed by atoms with Gasteiger partial charge in [0.2, 0.25) is 34.3 Å². The number of nitrogens with zero attached hydrogens (tertiary/aromatic N) is 10. The number of carboxylic acids is 2. The van der Waals surface area contributed by atoms with E-state index in [0.717, 1.165) is 87.2 Å². The number of hydrogen-bond acceptors (Lipinski definition) is 14. The van der Waals surface area contributed by atoms with E-state index in [1.54, 1.807) is 26.0 Å². The van der Waals surface area contributed by atoms with E-state index in [2.05, 4.69) is 54.3 Å². The summed E-state index contributed by atoms with van der Waals surface area (Å²) in [7, 11) is 0. The van der Waals surface area contributed by atoms with Gasteiger partial charge in [0.1, 0.15) is 22.8 Å². The van der Waals surface area contributed by atoms with Crippen LogP contribution in [0.5, 0.6) is 0 Å². The molecule has 18 nitrogen and oxygen atoms in total. The van der Waals surface area contributed by atoms with Gasteiger partial charge in [-0.15, -0.1) is 12.4 Å². The lowest BCUT2D eigenvalue weighted by atomic mass is 10.1. The third-order valence-electron chi connectivity index (χ3n) is 14.3. The van der Waals surface area contributed by atoms with Crippen LogP contribution in [0.15, 0.2) is 104 Å². The normalized spacial score (nSPS) is 16.2. The summed E-state index contributed by atoms with van der Waals surface area (Å²) in [5.74, 6) is -1.39. The molecule has 2 aliphatic carbocycles. The molecular weight excluding hydrogens is 990 g/mol. The summed E-state index contributed by atoms with van der Waals surface area (Å²) in [5, 5.41) is 27.0. The first-order valence-corrected chi connectivity index (χ1v) is 24.7.